The maximum atomic E-state index is 13.9. The largest absolute Gasteiger partial charge is 0.496 e. The molecule has 2 aliphatic rings. The topological polar surface area (TPSA) is 95.2 Å². The van der Waals surface area contributed by atoms with Gasteiger partial charge in [-0.1, -0.05) is 54.6 Å². The molecule has 0 amide bonds. The van der Waals surface area contributed by atoms with Crippen molar-refractivity contribution in [3.8, 4) is 22.6 Å². The molecule has 4 aromatic carbocycles. The third-order valence-electron chi connectivity index (χ3n) is 11.0. The highest BCUT2D eigenvalue weighted by Gasteiger charge is 2.31. The van der Waals surface area contributed by atoms with Crippen molar-refractivity contribution in [3.05, 3.63) is 128 Å². The van der Waals surface area contributed by atoms with Crippen LogP contribution in [-0.4, -0.2) is 69.4 Å². The monoisotopic (exact) mass is 697 g/mol. The van der Waals surface area contributed by atoms with Gasteiger partial charge in [-0.05, 0) is 127 Å². The Morgan fingerprint density at radius 1 is 0.885 bits per heavy atom. The molecule has 8 nitrogen and oxygen atoms in total. The number of aliphatic hydroxyl groups is 1. The molecule has 0 unspecified atom stereocenters. The summed E-state index contributed by atoms with van der Waals surface area (Å²) >= 11 is 0. The molecule has 0 radical (unpaired) electrons. The molecule has 2 aliphatic heterocycles. The van der Waals surface area contributed by atoms with Gasteiger partial charge in [-0.3, -0.25) is 24.0 Å². The summed E-state index contributed by atoms with van der Waals surface area (Å²) in [5.74, 6) is -0.00772. The summed E-state index contributed by atoms with van der Waals surface area (Å²) in [5.41, 5.74) is 10.5. The summed E-state index contributed by atoms with van der Waals surface area (Å²) in [5, 5.41) is 21.2. The first kappa shape index (κ1) is 35.4. The number of carboxylic acid groups (broad SMARTS) is 1. The number of aromatic nitrogens is 1. The number of aryl methyl sites for hydroxylation is 1. The number of likely N-dealkylation sites (tertiary alicyclic amines) is 2. The Morgan fingerprint density at radius 2 is 1.65 bits per heavy atom. The van der Waals surface area contributed by atoms with Crippen molar-refractivity contribution in [2.45, 2.75) is 65.3 Å². The van der Waals surface area contributed by atoms with Gasteiger partial charge in [0.15, 0.2) is 0 Å². The second-order valence-electron chi connectivity index (χ2n) is 14.4. The van der Waals surface area contributed by atoms with Gasteiger partial charge in [-0.2, -0.15) is 0 Å². The highest BCUT2D eigenvalue weighted by molar-refractivity contribution is 5.84. The van der Waals surface area contributed by atoms with Gasteiger partial charge in [0.25, 0.3) is 5.56 Å². The molecule has 1 aromatic heterocycles. The van der Waals surface area contributed by atoms with E-state index in [0.717, 1.165) is 99.4 Å². The first-order valence-electron chi connectivity index (χ1n) is 18.2. The van der Waals surface area contributed by atoms with Gasteiger partial charge in [0.2, 0.25) is 0 Å². The van der Waals surface area contributed by atoms with Crippen LogP contribution in [0.15, 0.2) is 83.8 Å². The molecule has 5 aromatic rings. The van der Waals surface area contributed by atoms with Gasteiger partial charge >= 0.3 is 5.97 Å². The zero-order valence-electron chi connectivity index (χ0n) is 30.4. The first-order chi connectivity index (χ1) is 25.1. The minimum atomic E-state index is -0.764. The van der Waals surface area contributed by atoms with E-state index in [1.165, 1.54) is 0 Å². The van der Waals surface area contributed by atoms with Gasteiger partial charge < -0.3 is 14.9 Å². The molecule has 7 rings (SSSR count). The normalized spacial score (nSPS) is 18.2. The molecule has 0 aliphatic carbocycles. The van der Waals surface area contributed by atoms with Crippen LogP contribution >= 0.6 is 0 Å². The Bertz CT molecular complexity index is 2240. The number of rotatable bonds is 10. The number of β-amino-alcohol motifs (C(OH)–C–C–N with tert-alkyl or cyclic N) is 1. The van der Waals surface area contributed by atoms with Crippen molar-refractivity contribution in [3.63, 3.8) is 0 Å². The fraction of sp³-hybridized carbons (Fsp3) is 0.318. The molecular formula is C44H47N3O5. The van der Waals surface area contributed by atoms with Crippen molar-refractivity contribution in [2.24, 2.45) is 0 Å². The Hall–Kier alpha value is -5.02. The van der Waals surface area contributed by atoms with E-state index in [2.05, 4.69) is 74.2 Å². The van der Waals surface area contributed by atoms with Crippen LogP contribution in [0.25, 0.3) is 39.7 Å². The van der Waals surface area contributed by atoms with E-state index in [9.17, 15) is 19.8 Å². The third-order valence-corrected chi connectivity index (χ3v) is 11.0. The lowest BCUT2D eigenvalue weighted by Gasteiger charge is -2.23. The van der Waals surface area contributed by atoms with Crippen LogP contribution in [0.2, 0.25) is 0 Å². The van der Waals surface area contributed by atoms with E-state index >= 15 is 0 Å². The van der Waals surface area contributed by atoms with Crippen molar-refractivity contribution in [1.82, 2.24) is 14.4 Å². The van der Waals surface area contributed by atoms with Crippen molar-refractivity contribution >= 4 is 28.9 Å². The van der Waals surface area contributed by atoms with E-state index in [4.69, 9.17) is 4.74 Å². The van der Waals surface area contributed by atoms with E-state index in [-0.39, 0.29) is 11.7 Å². The third kappa shape index (κ3) is 7.06. The molecule has 2 atom stereocenters. The Balaban J connectivity index is 1.15. The number of methoxy groups -OCH3 is 1. The Kier molecular flexibility index (Phi) is 10.1. The highest BCUT2D eigenvalue weighted by atomic mass is 16.5. The molecule has 2 saturated heterocycles. The number of pyridine rings is 1. The van der Waals surface area contributed by atoms with Crippen molar-refractivity contribution in [2.75, 3.05) is 26.7 Å². The molecule has 2 N–H and O–H groups in total. The number of ether oxygens (including phenoxy) is 1. The fourth-order valence-corrected chi connectivity index (χ4v) is 8.05. The summed E-state index contributed by atoms with van der Waals surface area (Å²) in [6.07, 6.45) is 8.24. The summed E-state index contributed by atoms with van der Waals surface area (Å²) < 4.78 is 7.54. The smallest absolute Gasteiger partial charge is 0.320 e. The predicted molar refractivity (Wildman–Crippen MR) is 208 cm³/mol. The van der Waals surface area contributed by atoms with E-state index in [1.807, 2.05) is 47.5 Å². The SMILES string of the molecule is COc1cc(/C=C/c2cccc(-c3cccc(-n4ccc5cc(CN6CC[C@H](O)C6)ccc5c4=O)c3C)c2C)c(C)cc1CN1CCC[C@H]1C(=O)O. The van der Waals surface area contributed by atoms with Crippen LogP contribution in [0.5, 0.6) is 5.75 Å². The Morgan fingerprint density at radius 3 is 2.40 bits per heavy atom. The van der Waals surface area contributed by atoms with Crippen LogP contribution in [0, 0.1) is 20.8 Å². The van der Waals surface area contributed by atoms with Crippen molar-refractivity contribution in [1.29, 1.82) is 0 Å². The zero-order valence-corrected chi connectivity index (χ0v) is 30.4. The molecule has 268 valence electrons. The Labute approximate surface area is 305 Å². The van der Waals surface area contributed by atoms with Gasteiger partial charge in [0.1, 0.15) is 11.8 Å². The molecule has 0 saturated carbocycles. The number of carboxylic acids is 1. The first-order valence-corrected chi connectivity index (χ1v) is 18.2. The number of fused-ring (bicyclic) bond motifs is 1. The zero-order chi connectivity index (χ0) is 36.5. The lowest BCUT2D eigenvalue weighted by atomic mass is 9.92. The molecule has 3 heterocycles. The second kappa shape index (κ2) is 14.9. The average Bonchev–Trinajstić information content (AvgIpc) is 3.77. The van der Waals surface area contributed by atoms with Gasteiger partial charge in [0, 0.05) is 43.3 Å². The van der Waals surface area contributed by atoms with E-state index in [1.54, 1.807) is 11.7 Å². The number of hydrogen-bond acceptors (Lipinski definition) is 6. The number of aliphatic hydroxyl groups excluding tert-OH is 1. The molecule has 0 bridgehead atoms. The average molecular weight is 698 g/mol. The van der Waals surface area contributed by atoms with Crippen LogP contribution in [-0.2, 0) is 17.9 Å². The maximum Gasteiger partial charge on any atom is 0.320 e. The van der Waals surface area contributed by atoms with E-state index < -0.39 is 12.0 Å². The molecule has 52 heavy (non-hydrogen) atoms. The lowest BCUT2D eigenvalue weighted by molar-refractivity contribution is -0.142. The van der Waals surface area contributed by atoms with Gasteiger partial charge in [0.05, 0.1) is 18.9 Å². The van der Waals surface area contributed by atoms with Crippen LogP contribution in [0.3, 0.4) is 0 Å². The van der Waals surface area contributed by atoms with Crippen molar-refractivity contribution < 1.29 is 19.7 Å². The number of carbonyl (C=O) groups is 1. The minimum absolute atomic E-state index is 0.0479. The summed E-state index contributed by atoms with van der Waals surface area (Å²) in [6, 6.07) is 24.2. The van der Waals surface area contributed by atoms with Crippen LogP contribution in [0.1, 0.15) is 58.2 Å². The maximum absolute atomic E-state index is 13.9. The van der Waals surface area contributed by atoms with Crippen LogP contribution < -0.4 is 10.3 Å². The summed E-state index contributed by atoms with van der Waals surface area (Å²) in [4.78, 5) is 29.9. The lowest BCUT2D eigenvalue weighted by Crippen LogP contribution is -2.35. The number of benzene rings is 4. The number of aliphatic carboxylic acids is 1. The number of nitrogens with zero attached hydrogens (tertiary/aromatic N) is 3. The quantitative estimate of drug-likeness (QED) is 0.147. The fourth-order valence-electron chi connectivity index (χ4n) is 8.05. The molecule has 0 spiro atoms. The second-order valence-corrected chi connectivity index (χ2v) is 14.4. The predicted octanol–water partition coefficient (Wildman–Crippen LogP) is 7.38. The minimum Gasteiger partial charge on any atom is -0.496 e. The van der Waals surface area contributed by atoms with Gasteiger partial charge in [-0.25, -0.2) is 0 Å². The van der Waals surface area contributed by atoms with Crippen LogP contribution in [0.4, 0.5) is 0 Å². The number of hydrogen-bond donors (Lipinski definition) is 2. The standard InChI is InChI=1S/C44H47N3O5/c1-28-22-35(26-46-19-7-12-41(46)44(50)51)42(52-4)24-33(28)15-14-32-8-5-9-37(29(32)2)38-10-6-11-40(30(38)3)47-21-17-34-23-31(13-16-39(34)43(47)49)25-45-20-18-36(48)27-45/h5-6,8-11,13-17,21-24,36,41,48H,7,12,18-20,25-27H2,1-4H3,(H,50,51)/b15-14+/t36-,41-/m0/s1. The van der Waals surface area contributed by atoms with Gasteiger partial charge in [-0.15, -0.1) is 0 Å². The molecule has 8 heteroatoms. The summed E-state index contributed by atoms with van der Waals surface area (Å²) in [7, 11) is 1.66. The molecular weight excluding hydrogens is 651 g/mol. The summed E-state index contributed by atoms with van der Waals surface area (Å²) in [6.45, 7) is 9.94. The highest BCUT2D eigenvalue weighted by Crippen LogP contribution is 2.33. The van der Waals surface area contributed by atoms with E-state index in [0.29, 0.717) is 24.9 Å². The molecule has 2 fully saturated rings.